The van der Waals surface area contributed by atoms with Gasteiger partial charge in [-0.25, -0.2) is 4.98 Å². The normalized spacial score (nSPS) is 16.7. The zero-order valence-corrected chi connectivity index (χ0v) is 14.0. The fraction of sp³-hybridized carbons (Fsp3) is 0.235. The number of amides is 1. The molecule has 0 unspecified atom stereocenters. The molecule has 122 valence electrons. The molecule has 0 aliphatic carbocycles. The van der Waals surface area contributed by atoms with Crippen molar-refractivity contribution in [2.45, 2.75) is 12.6 Å². The Morgan fingerprint density at radius 2 is 2.21 bits per heavy atom. The van der Waals surface area contributed by atoms with E-state index in [0.29, 0.717) is 18.8 Å². The zero-order chi connectivity index (χ0) is 16.5. The number of nitrogens with one attached hydrogen (secondary N) is 1. The number of carbonyl (C=O) groups is 1. The summed E-state index contributed by atoms with van der Waals surface area (Å²) < 4.78 is 1.92. The van der Waals surface area contributed by atoms with Crippen LogP contribution in [0.5, 0.6) is 0 Å². The van der Waals surface area contributed by atoms with Crippen molar-refractivity contribution in [3.63, 3.8) is 0 Å². The van der Waals surface area contributed by atoms with Gasteiger partial charge in [-0.05, 0) is 17.2 Å². The van der Waals surface area contributed by atoms with Crippen LogP contribution in [0.2, 0.25) is 0 Å². The molecule has 1 aliphatic heterocycles. The van der Waals surface area contributed by atoms with E-state index in [1.54, 1.807) is 18.6 Å². The predicted molar refractivity (Wildman–Crippen MR) is 93.2 cm³/mol. The van der Waals surface area contributed by atoms with Gasteiger partial charge in [-0.2, -0.15) is 5.10 Å². The summed E-state index contributed by atoms with van der Waals surface area (Å²) in [5.74, 6) is -0.0422. The number of anilines is 1. The topological polar surface area (TPSA) is 63.1 Å². The van der Waals surface area contributed by atoms with Crippen molar-refractivity contribution >= 4 is 22.4 Å². The van der Waals surface area contributed by atoms with Gasteiger partial charge in [0.05, 0.1) is 6.04 Å². The molecule has 24 heavy (non-hydrogen) atoms. The number of hydrogen-bond donors (Lipinski definition) is 1. The second-order valence-corrected chi connectivity index (χ2v) is 6.53. The van der Waals surface area contributed by atoms with Gasteiger partial charge >= 0.3 is 0 Å². The first-order valence-corrected chi connectivity index (χ1v) is 8.63. The minimum Gasteiger partial charge on any atom is -0.365 e. The fourth-order valence-corrected chi connectivity index (χ4v) is 3.72. The highest BCUT2D eigenvalue weighted by Crippen LogP contribution is 2.30. The van der Waals surface area contributed by atoms with Gasteiger partial charge in [0.2, 0.25) is 0 Å². The largest absolute Gasteiger partial charge is 0.365 e. The number of thiazole rings is 1. The lowest BCUT2D eigenvalue weighted by Crippen LogP contribution is -2.40. The van der Waals surface area contributed by atoms with Gasteiger partial charge in [0, 0.05) is 37.9 Å². The molecule has 1 amide bonds. The molecule has 0 spiro atoms. The van der Waals surface area contributed by atoms with Crippen LogP contribution in [-0.4, -0.2) is 39.2 Å². The van der Waals surface area contributed by atoms with E-state index < -0.39 is 0 Å². The van der Waals surface area contributed by atoms with Crippen molar-refractivity contribution < 1.29 is 4.79 Å². The minimum absolute atomic E-state index is 0.0244. The quantitative estimate of drug-likeness (QED) is 0.797. The molecule has 4 rings (SSSR count). The maximum atomic E-state index is 12.9. The average molecular weight is 339 g/mol. The standard InChI is InChI=1S/C17H17N5OS/c1-18-17-20-14(11-24-17)16(23)21-9-12-5-2-3-6-13(12)15(10-21)22-8-4-7-19-22/h2-8,11,15H,9-10H2,1H3,(H,18,20)/t15-/m0/s1. The van der Waals surface area contributed by atoms with Gasteiger partial charge in [-0.3, -0.25) is 9.48 Å². The maximum Gasteiger partial charge on any atom is 0.273 e. The zero-order valence-electron chi connectivity index (χ0n) is 13.2. The van der Waals surface area contributed by atoms with Crippen molar-refractivity contribution in [2.75, 3.05) is 18.9 Å². The number of fused-ring (bicyclic) bond motifs is 1. The van der Waals surface area contributed by atoms with Crippen LogP contribution in [0.15, 0.2) is 48.1 Å². The molecule has 0 bridgehead atoms. The molecule has 1 N–H and O–H groups in total. The lowest BCUT2D eigenvalue weighted by molar-refractivity contribution is 0.0701. The van der Waals surface area contributed by atoms with E-state index in [9.17, 15) is 4.79 Å². The molecule has 1 atom stereocenters. The Balaban J connectivity index is 1.68. The lowest BCUT2D eigenvalue weighted by Gasteiger charge is -2.34. The summed E-state index contributed by atoms with van der Waals surface area (Å²) in [6.45, 7) is 1.18. The van der Waals surface area contributed by atoms with Crippen molar-refractivity contribution in [2.24, 2.45) is 0 Å². The third-order valence-corrected chi connectivity index (χ3v) is 5.10. The molecular weight excluding hydrogens is 322 g/mol. The van der Waals surface area contributed by atoms with Gasteiger partial charge < -0.3 is 10.2 Å². The van der Waals surface area contributed by atoms with E-state index in [4.69, 9.17) is 0 Å². The van der Waals surface area contributed by atoms with Crippen LogP contribution in [0.3, 0.4) is 0 Å². The highest BCUT2D eigenvalue weighted by atomic mass is 32.1. The van der Waals surface area contributed by atoms with Crippen molar-refractivity contribution in [1.82, 2.24) is 19.7 Å². The number of aromatic nitrogens is 3. The third kappa shape index (κ3) is 2.56. The predicted octanol–water partition coefficient (Wildman–Crippen LogP) is 2.63. The first-order chi connectivity index (χ1) is 11.8. The van der Waals surface area contributed by atoms with E-state index in [1.807, 2.05) is 34.0 Å². The molecule has 0 saturated carbocycles. The van der Waals surface area contributed by atoms with Gasteiger partial charge in [-0.1, -0.05) is 24.3 Å². The summed E-state index contributed by atoms with van der Waals surface area (Å²) >= 11 is 1.44. The van der Waals surface area contributed by atoms with Gasteiger partial charge in [0.25, 0.3) is 5.91 Å². The number of carbonyl (C=O) groups excluding carboxylic acids is 1. The summed E-state index contributed by atoms with van der Waals surface area (Å²) in [7, 11) is 1.80. The monoisotopic (exact) mass is 339 g/mol. The second kappa shape index (κ2) is 6.09. The van der Waals surface area contributed by atoms with Crippen molar-refractivity contribution in [3.05, 3.63) is 64.9 Å². The summed E-state index contributed by atoms with van der Waals surface area (Å²) in [4.78, 5) is 19.1. The molecule has 0 radical (unpaired) electrons. The minimum atomic E-state index is -0.0422. The van der Waals surface area contributed by atoms with Gasteiger partial charge in [0.15, 0.2) is 5.13 Å². The van der Waals surface area contributed by atoms with Crippen molar-refractivity contribution in [1.29, 1.82) is 0 Å². The summed E-state index contributed by atoms with van der Waals surface area (Å²) in [5.41, 5.74) is 2.86. The molecular formula is C17H17N5OS. The Labute approximate surface area is 143 Å². The fourth-order valence-electron chi connectivity index (χ4n) is 3.08. The number of rotatable bonds is 3. The molecule has 1 aliphatic rings. The van der Waals surface area contributed by atoms with Crippen LogP contribution in [0.4, 0.5) is 5.13 Å². The number of benzene rings is 1. The Kier molecular flexibility index (Phi) is 3.78. The van der Waals surface area contributed by atoms with Crippen LogP contribution in [-0.2, 0) is 6.54 Å². The molecule has 0 saturated heterocycles. The van der Waals surface area contributed by atoms with Gasteiger partial charge in [0.1, 0.15) is 5.69 Å². The Hall–Kier alpha value is -2.67. The highest BCUT2D eigenvalue weighted by molar-refractivity contribution is 7.13. The van der Waals surface area contributed by atoms with E-state index in [0.717, 1.165) is 10.7 Å². The molecule has 2 aromatic heterocycles. The Morgan fingerprint density at radius 3 is 2.96 bits per heavy atom. The Morgan fingerprint density at radius 1 is 1.33 bits per heavy atom. The van der Waals surface area contributed by atoms with Crippen LogP contribution in [0, 0.1) is 0 Å². The Bertz CT molecular complexity index is 858. The molecule has 1 aromatic carbocycles. The third-order valence-electron chi connectivity index (χ3n) is 4.24. The van der Waals surface area contributed by atoms with Crippen LogP contribution in [0.25, 0.3) is 0 Å². The SMILES string of the molecule is CNc1nc(C(=O)N2Cc3ccccc3[C@@H](n3cccn3)C2)cs1. The smallest absolute Gasteiger partial charge is 0.273 e. The second-order valence-electron chi connectivity index (χ2n) is 5.67. The summed E-state index contributed by atoms with van der Waals surface area (Å²) in [6.07, 6.45) is 3.71. The molecule has 7 heteroatoms. The van der Waals surface area contributed by atoms with Crippen LogP contribution in [0.1, 0.15) is 27.7 Å². The number of nitrogens with zero attached hydrogens (tertiary/aromatic N) is 4. The first kappa shape index (κ1) is 14.9. The number of hydrogen-bond acceptors (Lipinski definition) is 5. The van der Waals surface area contributed by atoms with Crippen molar-refractivity contribution in [3.8, 4) is 0 Å². The molecule has 0 fully saturated rings. The summed E-state index contributed by atoms with van der Waals surface area (Å²) in [5, 5.41) is 9.90. The van der Waals surface area contributed by atoms with E-state index in [1.165, 1.54) is 16.9 Å². The molecule has 3 aromatic rings. The van der Waals surface area contributed by atoms with E-state index in [-0.39, 0.29) is 11.9 Å². The highest BCUT2D eigenvalue weighted by Gasteiger charge is 2.30. The summed E-state index contributed by atoms with van der Waals surface area (Å²) in [6, 6.07) is 10.2. The van der Waals surface area contributed by atoms with Crippen LogP contribution < -0.4 is 5.32 Å². The van der Waals surface area contributed by atoms with Crippen LogP contribution >= 0.6 is 11.3 Å². The van der Waals surface area contributed by atoms with Gasteiger partial charge in [-0.15, -0.1) is 11.3 Å². The lowest BCUT2D eigenvalue weighted by atomic mass is 9.95. The maximum absolute atomic E-state index is 12.9. The molecule has 3 heterocycles. The first-order valence-electron chi connectivity index (χ1n) is 7.75. The molecule has 6 nitrogen and oxygen atoms in total. The average Bonchev–Trinajstić information content (AvgIpc) is 3.31. The van der Waals surface area contributed by atoms with E-state index >= 15 is 0 Å². The van der Waals surface area contributed by atoms with E-state index in [2.05, 4.69) is 27.5 Å².